The van der Waals surface area contributed by atoms with Crippen molar-refractivity contribution in [3.8, 4) is 0 Å². The highest BCUT2D eigenvalue weighted by atomic mass is 16.6. The number of hydrogen-bond donors (Lipinski definition) is 2. The largest absolute Gasteiger partial charge is 0.445 e. The number of carbonyl (C=O) groups excluding carboxylic acids is 2. The van der Waals surface area contributed by atoms with Crippen molar-refractivity contribution in [3.63, 3.8) is 0 Å². The van der Waals surface area contributed by atoms with Gasteiger partial charge in [0.15, 0.2) is 0 Å². The van der Waals surface area contributed by atoms with Gasteiger partial charge in [0.1, 0.15) is 18.4 Å². The Bertz CT molecular complexity index is 410. The Labute approximate surface area is 112 Å². The first-order valence-electron chi connectivity index (χ1n) is 5.81. The topological polar surface area (TPSA) is 76.7 Å². The standard InChI is InChI=1S/C13H18N2O4/c1-13(10-16,9-14-18-2)15-12(17)19-8-11-6-4-3-5-7-11/h3-7,10,14H,8-9H2,1-2H3,(H,15,17)/t13-/m1/s1. The quantitative estimate of drug-likeness (QED) is 0.569. The Hall–Kier alpha value is -1.92. The SMILES string of the molecule is CONC[C@](C)(C=O)NC(=O)OCc1ccccc1. The second kappa shape index (κ2) is 7.50. The summed E-state index contributed by atoms with van der Waals surface area (Å²) in [5, 5.41) is 2.48. The molecule has 0 bridgehead atoms. The van der Waals surface area contributed by atoms with Gasteiger partial charge in [0.05, 0.1) is 13.7 Å². The van der Waals surface area contributed by atoms with Crippen LogP contribution >= 0.6 is 0 Å². The van der Waals surface area contributed by atoms with E-state index >= 15 is 0 Å². The maximum atomic E-state index is 11.6. The molecule has 6 heteroatoms. The van der Waals surface area contributed by atoms with E-state index in [1.807, 2.05) is 30.3 Å². The molecular formula is C13H18N2O4. The van der Waals surface area contributed by atoms with Crippen LogP contribution < -0.4 is 10.8 Å². The summed E-state index contributed by atoms with van der Waals surface area (Å²) in [6, 6.07) is 9.28. The predicted molar refractivity (Wildman–Crippen MR) is 69.2 cm³/mol. The Morgan fingerprint density at radius 2 is 2.05 bits per heavy atom. The van der Waals surface area contributed by atoms with Gasteiger partial charge in [-0.3, -0.25) is 0 Å². The van der Waals surface area contributed by atoms with Crippen molar-refractivity contribution in [2.75, 3.05) is 13.7 Å². The minimum atomic E-state index is -1.08. The van der Waals surface area contributed by atoms with Crippen LogP contribution in [0.3, 0.4) is 0 Å². The van der Waals surface area contributed by atoms with Crippen molar-refractivity contribution < 1.29 is 19.2 Å². The van der Waals surface area contributed by atoms with E-state index in [-0.39, 0.29) is 13.2 Å². The number of benzene rings is 1. The van der Waals surface area contributed by atoms with Crippen molar-refractivity contribution in [2.24, 2.45) is 0 Å². The highest BCUT2D eigenvalue weighted by molar-refractivity contribution is 5.76. The van der Waals surface area contributed by atoms with Crippen LogP contribution in [-0.2, 0) is 21.0 Å². The van der Waals surface area contributed by atoms with Gasteiger partial charge in [-0.15, -0.1) is 0 Å². The molecule has 0 aliphatic heterocycles. The molecular weight excluding hydrogens is 248 g/mol. The number of hydroxylamine groups is 1. The molecule has 0 spiro atoms. The molecule has 0 unspecified atom stereocenters. The summed E-state index contributed by atoms with van der Waals surface area (Å²) in [4.78, 5) is 27.2. The summed E-state index contributed by atoms with van der Waals surface area (Å²) >= 11 is 0. The zero-order chi connectivity index (χ0) is 14.1. The van der Waals surface area contributed by atoms with Gasteiger partial charge in [-0.1, -0.05) is 30.3 Å². The van der Waals surface area contributed by atoms with Gasteiger partial charge >= 0.3 is 6.09 Å². The number of ether oxygens (including phenoxy) is 1. The number of hydrogen-bond acceptors (Lipinski definition) is 5. The summed E-state index contributed by atoms with van der Waals surface area (Å²) < 4.78 is 5.03. The first-order chi connectivity index (χ1) is 9.09. The fourth-order valence-electron chi connectivity index (χ4n) is 1.33. The smallest absolute Gasteiger partial charge is 0.408 e. The Balaban J connectivity index is 2.43. The van der Waals surface area contributed by atoms with E-state index in [9.17, 15) is 9.59 Å². The number of nitrogens with one attached hydrogen (secondary N) is 2. The van der Waals surface area contributed by atoms with E-state index in [4.69, 9.17) is 4.74 Å². The lowest BCUT2D eigenvalue weighted by atomic mass is 10.1. The number of amides is 1. The van der Waals surface area contributed by atoms with Crippen molar-refractivity contribution in [3.05, 3.63) is 35.9 Å². The minimum absolute atomic E-state index is 0.146. The lowest BCUT2D eigenvalue weighted by Gasteiger charge is -2.23. The highest BCUT2D eigenvalue weighted by Crippen LogP contribution is 2.03. The molecule has 1 aromatic carbocycles. The molecule has 1 rings (SSSR count). The van der Waals surface area contributed by atoms with E-state index < -0.39 is 11.6 Å². The van der Waals surface area contributed by atoms with Crippen LogP contribution in [0, 0.1) is 0 Å². The third kappa shape index (κ3) is 5.50. The van der Waals surface area contributed by atoms with Crippen LogP contribution in [0.2, 0.25) is 0 Å². The molecule has 2 N–H and O–H groups in total. The molecule has 6 nitrogen and oxygen atoms in total. The number of carbonyl (C=O) groups is 2. The van der Waals surface area contributed by atoms with E-state index in [1.54, 1.807) is 6.92 Å². The van der Waals surface area contributed by atoms with Crippen molar-refractivity contribution in [2.45, 2.75) is 19.1 Å². The fourth-order valence-corrected chi connectivity index (χ4v) is 1.33. The fraction of sp³-hybridized carbons (Fsp3) is 0.385. The average Bonchev–Trinajstić information content (AvgIpc) is 2.44. The summed E-state index contributed by atoms with van der Waals surface area (Å²) in [5.41, 5.74) is 2.31. The molecule has 0 aromatic heterocycles. The minimum Gasteiger partial charge on any atom is -0.445 e. The highest BCUT2D eigenvalue weighted by Gasteiger charge is 2.26. The molecule has 1 amide bonds. The third-order valence-electron chi connectivity index (χ3n) is 2.44. The maximum absolute atomic E-state index is 11.6. The molecule has 0 aliphatic rings. The second-order valence-electron chi connectivity index (χ2n) is 4.25. The summed E-state index contributed by atoms with van der Waals surface area (Å²) in [6.07, 6.45) is -0.0284. The molecule has 1 aromatic rings. The monoisotopic (exact) mass is 266 g/mol. The third-order valence-corrected chi connectivity index (χ3v) is 2.44. The van der Waals surface area contributed by atoms with Crippen LogP contribution in [0.4, 0.5) is 4.79 Å². The second-order valence-corrected chi connectivity index (χ2v) is 4.25. The Morgan fingerprint density at radius 3 is 2.63 bits per heavy atom. The number of rotatable bonds is 7. The van der Waals surface area contributed by atoms with E-state index in [1.165, 1.54) is 7.11 Å². The molecule has 0 fully saturated rings. The number of aldehydes is 1. The van der Waals surface area contributed by atoms with E-state index in [0.717, 1.165) is 5.56 Å². The number of alkyl carbamates (subject to hydrolysis) is 1. The molecule has 0 radical (unpaired) electrons. The van der Waals surface area contributed by atoms with Crippen LogP contribution in [-0.4, -0.2) is 31.6 Å². The molecule has 19 heavy (non-hydrogen) atoms. The normalized spacial score (nSPS) is 13.4. The predicted octanol–water partition coefficient (Wildman–Crippen LogP) is 1.02. The first-order valence-corrected chi connectivity index (χ1v) is 5.81. The van der Waals surface area contributed by atoms with Crippen molar-refractivity contribution in [1.29, 1.82) is 0 Å². The van der Waals surface area contributed by atoms with Gasteiger partial charge in [0, 0.05) is 0 Å². The Morgan fingerprint density at radius 1 is 1.37 bits per heavy atom. The van der Waals surface area contributed by atoms with E-state index in [0.29, 0.717) is 6.29 Å². The lowest BCUT2D eigenvalue weighted by Crippen LogP contribution is -2.53. The molecule has 0 aliphatic carbocycles. The van der Waals surface area contributed by atoms with Crippen LogP contribution in [0.15, 0.2) is 30.3 Å². The molecule has 0 heterocycles. The summed E-state index contributed by atoms with van der Waals surface area (Å²) in [6.45, 7) is 1.86. The zero-order valence-corrected chi connectivity index (χ0v) is 11.0. The average molecular weight is 266 g/mol. The van der Waals surface area contributed by atoms with Gasteiger partial charge in [0.25, 0.3) is 0 Å². The van der Waals surface area contributed by atoms with Gasteiger partial charge in [0.2, 0.25) is 0 Å². The van der Waals surface area contributed by atoms with Gasteiger partial charge in [-0.2, -0.15) is 0 Å². The summed E-state index contributed by atoms with van der Waals surface area (Å²) in [5.74, 6) is 0. The molecule has 104 valence electrons. The molecule has 0 saturated heterocycles. The van der Waals surface area contributed by atoms with Crippen LogP contribution in [0.1, 0.15) is 12.5 Å². The molecule has 1 atom stereocenters. The summed E-state index contributed by atoms with van der Waals surface area (Å²) in [7, 11) is 1.43. The van der Waals surface area contributed by atoms with Crippen molar-refractivity contribution in [1.82, 2.24) is 10.8 Å². The van der Waals surface area contributed by atoms with Crippen molar-refractivity contribution >= 4 is 12.4 Å². The molecule has 0 saturated carbocycles. The zero-order valence-electron chi connectivity index (χ0n) is 11.0. The first kappa shape index (κ1) is 15.1. The van der Waals surface area contributed by atoms with Gasteiger partial charge in [-0.25, -0.2) is 10.3 Å². The van der Waals surface area contributed by atoms with Gasteiger partial charge < -0.3 is 19.7 Å². The van der Waals surface area contributed by atoms with Crippen LogP contribution in [0.5, 0.6) is 0 Å². The van der Waals surface area contributed by atoms with Gasteiger partial charge in [-0.05, 0) is 12.5 Å². The maximum Gasteiger partial charge on any atom is 0.408 e. The lowest BCUT2D eigenvalue weighted by molar-refractivity contribution is -0.113. The Kier molecular flexibility index (Phi) is 5.98. The van der Waals surface area contributed by atoms with E-state index in [2.05, 4.69) is 15.6 Å². The van der Waals surface area contributed by atoms with Crippen LogP contribution in [0.25, 0.3) is 0 Å².